The van der Waals surface area contributed by atoms with Crippen molar-refractivity contribution in [2.45, 2.75) is 48.8 Å². The van der Waals surface area contributed by atoms with Crippen molar-refractivity contribution in [2.24, 2.45) is 0 Å². The second kappa shape index (κ2) is 10.8. The molecule has 0 radical (unpaired) electrons. The molecule has 1 saturated carbocycles. The smallest absolute Gasteiger partial charge is 0.256 e. The topological polar surface area (TPSA) is 140 Å². The molecule has 1 fully saturated rings. The number of amides is 2. The number of nitrogens with one attached hydrogen (secondary N) is 3. The van der Waals surface area contributed by atoms with Crippen LogP contribution >= 0.6 is 24.2 Å². The molecular formula is C25H25ClN6O3S. The maximum Gasteiger partial charge on any atom is 0.256 e. The maximum atomic E-state index is 13.0. The van der Waals surface area contributed by atoms with Crippen LogP contribution in [0.25, 0.3) is 10.9 Å². The van der Waals surface area contributed by atoms with Crippen molar-refractivity contribution in [2.75, 3.05) is 16.4 Å². The van der Waals surface area contributed by atoms with Crippen LogP contribution in [0.5, 0.6) is 0 Å². The van der Waals surface area contributed by atoms with E-state index in [9.17, 15) is 20.0 Å². The number of aliphatic hydroxyl groups is 1. The largest absolute Gasteiger partial charge is 0.380 e. The number of fused-ring (bicyclic) bond motifs is 2. The Morgan fingerprint density at radius 1 is 1.25 bits per heavy atom. The molecule has 2 amide bonds. The van der Waals surface area contributed by atoms with Crippen LogP contribution < -0.4 is 16.0 Å². The molecule has 1 aliphatic heterocycles. The number of thioether (sulfide) groups is 1. The van der Waals surface area contributed by atoms with Gasteiger partial charge in [0, 0.05) is 24.2 Å². The van der Waals surface area contributed by atoms with Crippen LogP contribution in [-0.4, -0.2) is 44.3 Å². The van der Waals surface area contributed by atoms with Crippen LogP contribution in [-0.2, 0) is 16.1 Å². The van der Waals surface area contributed by atoms with Gasteiger partial charge in [-0.3, -0.25) is 14.6 Å². The number of rotatable bonds is 5. The summed E-state index contributed by atoms with van der Waals surface area (Å²) in [6.07, 6.45) is 3.52. The Morgan fingerprint density at radius 3 is 2.83 bits per heavy atom. The number of pyridine rings is 2. The van der Waals surface area contributed by atoms with Gasteiger partial charge in [0.25, 0.3) is 5.91 Å². The number of anilines is 2. The first-order chi connectivity index (χ1) is 16.9. The Bertz CT molecular complexity index is 1350. The van der Waals surface area contributed by atoms with E-state index < -0.39 is 11.5 Å². The first kappa shape index (κ1) is 25.9. The van der Waals surface area contributed by atoms with Crippen LogP contribution in [0, 0.1) is 11.3 Å². The second-order valence-corrected chi connectivity index (χ2v) is 9.85. The monoisotopic (exact) mass is 524 g/mol. The fourth-order valence-corrected chi connectivity index (χ4v) is 5.20. The van der Waals surface area contributed by atoms with Gasteiger partial charge in [-0.2, -0.15) is 5.26 Å². The van der Waals surface area contributed by atoms with Gasteiger partial charge in [-0.15, -0.1) is 24.2 Å². The standard InChI is InChI=1S/C25H24N6O3S.ClH/c26-12-15-1-3-19-18(11-15)20(7-10-27-19)30-24(33)25(34)8-5-16(6-9-25)28-13-17-2-4-21-23(29-17)31-22(32)14-35-21;/h1-4,7,10-11,16,28,34H,5-6,8-9,13-14H2,(H,27,30,33)(H,29,31,32);1H/t16-,25-;. The van der Waals surface area contributed by atoms with Crippen molar-refractivity contribution in [1.82, 2.24) is 15.3 Å². The lowest BCUT2D eigenvalue weighted by Crippen LogP contribution is -2.48. The highest BCUT2D eigenvalue weighted by Crippen LogP contribution is 2.32. The zero-order chi connectivity index (χ0) is 24.4. The van der Waals surface area contributed by atoms with Crippen molar-refractivity contribution in [3.63, 3.8) is 0 Å². The molecule has 3 aromatic rings. The molecule has 5 rings (SSSR count). The average molecular weight is 525 g/mol. The fraction of sp³-hybridized carbons (Fsp3) is 0.320. The van der Waals surface area contributed by atoms with Crippen molar-refractivity contribution in [1.29, 1.82) is 5.26 Å². The number of benzene rings is 1. The van der Waals surface area contributed by atoms with E-state index in [1.165, 1.54) is 11.8 Å². The van der Waals surface area contributed by atoms with Gasteiger partial charge in [0.2, 0.25) is 5.91 Å². The van der Waals surface area contributed by atoms with E-state index in [1.807, 2.05) is 12.1 Å². The number of carbonyl (C=O) groups excluding carboxylic acids is 2. The molecule has 0 unspecified atom stereocenters. The third-order valence-electron chi connectivity index (χ3n) is 6.46. The van der Waals surface area contributed by atoms with Crippen molar-refractivity contribution >= 4 is 58.4 Å². The maximum absolute atomic E-state index is 13.0. The van der Waals surface area contributed by atoms with Gasteiger partial charge < -0.3 is 21.1 Å². The van der Waals surface area contributed by atoms with Crippen molar-refractivity contribution < 1.29 is 14.7 Å². The molecule has 1 aliphatic carbocycles. The van der Waals surface area contributed by atoms with Crippen molar-refractivity contribution in [3.05, 3.63) is 53.9 Å². The molecule has 36 heavy (non-hydrogen) atoms. The molecule has 0 saturated heterocycles. The highest BCUT2D eigenvalue weighted by Gasteiger charge is 2.40. The van der Waals surface area contributed by atoms with E-state index in [2.05, 4.69) is 32.0 Å². The molecule has 4 N–H and O–H groups in total. The number of hydrogen-bond acceptors (Lipinski definition) is 8. The normalized spacial score (nSPS) is 21.0. The van der Waals surface area contributed by atoms with E-state index in [4.69, 9.17) is 0 Å². The minimum Gasteiger partial charge on any atom is -0.380 e. The zero-order valence-electron chi connectivity index (χ0n) is 19.3. The first-order valence-electron chi connectivity index (χ1n) is 11.4. The predicted molar refractivity (Wildman–Crippen MR) is 140 cm³/mol. The van der Waals surface area contributed by atoms with Crippen molar-refractivity contribution in [3.8, 4) is 6.07 Å². The summed E-state index contributed by atoms with van der Waals surface area (Å²) in [4.78, 5) is 34.4. The van der Waals surface area contributed by atoms with Gasteiger partial charge >= 0.3 is 0 Å². The number of nitrogens with zero attached hydrogens (tertiary/aromatic N) is 3. The van der Waals surface area contributed by atoms with Crippen LogP contribution in [0.1, 0.15) is 36.9 Å². The number of carbonyl (C=O) groups is 2. The Morgan fingerprint density at radius 2 is 2.06 bits per heavy atom. The van der Waals surface area contributed by atoms with Crippen LogP contribution in [0.15, 0.2) is 47.5 Å². The molecular weight excluding hydrogens is 500 g/mol. The molecule has 0 spiro atoms. The van der Waals surface area contributed by atoms with Gasteiger partial charge in [-0.1, -0.05) is 0 Å². The molecule has 1 aromatic carbocycles. The number of halogens is 1. The summed E-state index contributed by atoms with van der Waals surface area (Å²) in [5, 5.41) is 30.0. The molecule has 9 nitrogen and oxygen atoms in total. The summed E-state index contributed by atoms with van der Waals surface area (Å²) in [5.74, 6) is 0.514. The number of hydrogen-bond donors (Lipinski definition) is 4. The Hall–Kier alpha value is -3.23. The van der Waals surface area contributed by atoms with E-state index >= 15 is 0 Å². The molecule has 2 aromatic heterocycles. The Labute approximate surface area is 218 Å². The second-order valence-electron chi connectivity index (χ2n) is 8.83. The molecule has 0 bridgehead atoms. The van der Waals surface area contributed by atoms with Crippen LogP contribution in [0.3, 0.4) is 0 Å². The lowest BCUT2D eigenvalue weighted by molar-refractivity contribution is -0.137. The van der Waals surface area contributed by atoms with Crippen LogP contribution in [0.2, 0.25) is 0 Å². The summed E-state index contributed by atoms with van der Waals surface area (Å²) in [7, 11) is 0. The Kier molecular flexibility index (Phi) is 7.76. The van der Waals surface area contributed by atoms with E-state index in [-0.39, 0.29) is 24.4 Å². The SMILES string of the molecule is Cl.N#Cc1ccc2nccc(NC(=O)[C@]3(O)CC[C@H](NCc4ccc5c(n4)NC(=O)CS5)CC3)c2c1. The highest BCUT2D eigenvalue weighted by molar-refractivity contribution is 8.00. The molecule has 0 atom stereocenters. The highest BCUT2D eigenvalue weighted by atomic mass is 35.5. The summed E-state index contributed by atoms with van der Waals surface area (Å²) >= 11 is 1.48. The van der Waals surface area contributed by atoms with Crippen LogP contribution in [0.4, 0.5) is 11.5 Å². The van der Waals surface area contributed by atoms with E-state index in [0.29, 0.717) is 66.0 Å². The van der Waals surface area contributed by atoms with E-state index in [1.54, 1.807) is 30.5 Å². The van der Waals surface area contributed by atoms with Gasteiger partial charge in [0.15, 0.2) is 0 Å². The lowest BCUT2D eigenvalue weighted by atomic mass is 9.81. The Balaban J connectivity index is 0.00000304. The van der Waals surface area contributed by atoms with Gasteiger partial charge in [0.05, 0.1) is 39.2 Å². The van der Waals surface area contributed by atoms with E-state index in [0.717, 1.165) is 10.6 Å². The third kappa shape index (κ3) is 5.44. The molecule has 11 heteroatoms. The predicted octanol–water partition coefficient (Wildman–Crippen LogP) is 3.37. The molecule has 186 valence electrons. The fourth-order valence-electron chi connectivity index (χ4n) is 4.44. The lowest BCUT2D eigenvalue weighted by Gasteiger charge is -2.35. The number of nitriles is 1. The summed E-state index contributed by atoms with van der Waals surface area (Å²) in [6.45, 7) is 0.535. The number of aromatic nitrogens is 2. The minimum atomic E-state index is -1.47. The first-order valence-corrected chi connectivity index (χ1v) is 12.4. The van der Waals surface area contributed by atoms with Gasteiger partial charge in [0.1, 0.15) is 11.4 Å². The summed E-state index contributed by atoms with van der Waals surface area (Å²) in [6, 6.07) is 12.9. The van der Waals surface area contributed by atoms with Gasteiger partial charge in [-0.25, -0.2) is 4.98 Å². The summed E-state index contributed by atoms with van der Waals surface area (Å²) in [5.41, 5.74) is 1.02. The average Bonchev–Trinajstić information content (AvgIpc) is 2.88. The third-order valence-corrected chi connectivity index (χ3v) is 7.51. The quantitative estimate of drug-likeness (QED) is 0.398. The van der Waals surface area contributed by atoms with Gasteiger partial charge in [-0.05, 0) is 62.1 Å². The molecule has 2 aliphatic rings. The zero-order valence-corrected chi connectivity index (χ0v) is 20.9. The minimum absolute atomic E-state index is 0. The summed E-state index contributed by atoms with van der Waals surface area (Å²) < 4.78 is 0. The molecule has 3 heterocycles.